The summed E-state index contributed by atoms with van der Waals surface area (Å²) < 4.78 is 41.5. The molecule has 1 aromatic heterocycles. The zero-order valence-electron chi connectivity index (χ0n) is 20.7. The number of primary amides is 1. The molecule has 37 heavy (non-hydrogen) atoms. The molecule has 2 fully saturated rings. The van der Waals surface area contributed by atoms with Gasteiger partial charge < -0.3 is 26.6 Å². The van der Waals surface area contributed by atoms with E-state index in [1.54, 1.807) is 6.07 Å². The highest BCUT2D eigenvalue weighted by atomic mass is 19.4. The molecule has 4 rings (SSSR count). The first kappa shape index (κ1) is 26.5. The van der Waals surface area contributed by atoms with Crippen LogP contribution in [-0.4, -0.2) is 45.9 Å². The molecule has 1 saturated carbocycles. The molecule has 3 amide bonds. The summed E-state index contributed by atoms with van der Waals surface area (Å²) in [5.74, 6) is -0.427. The van der Waals surface area contributed by atoms with Crippen LogP contribution in [0.15, 0.2) is 24.4 Å². The first-order valence-corrected chi connectivity index (χ1v) is 12.5. The zero-order chi connectivity index (χ0) is 26.6. The Hall–Kier alpha value is -3.57. The molecule has 0 spiro atoms. The number of halogens is 3. The molecule has 1 aliphatic carbocycles. The fourth-order valence-corrected chi connectivity index (χ4v) is 5.01. The standard InChI is InChI=1S/C25H32F3N7O2/c1-15(36)31-21-12-17(16-6-3-2-4-7-16)9-10-20(21)33-22-19(25(26,27)28)13-30-24(34-22)32-18-8-5-11-35(14-18)23(29)37/h9-10,12-13,16,18H,2-8,11,14H2,1H3,(H2,29,37)(H,31,36)(H2,30,32,33,34)/t18-/m0/s1. The van der Waals surface area contributed by atoms with Crippen LogP contribution in [0.25, 0.3) is 0 Å². The molecule has 200 valence electrons. The van der Waals surface area contributed by atoms with Crippen LogP contribution >= 0.6 is 0 Å². The van der Waals surface area contributed by atoms with Crippen molar-refractivity contribution in [3.63, 3.8) is 0 Å². The minimum Gasteiger partial charge on any atom is -0.351 e. The lowest BCUT2D eigenvalue weighted by molar-refractivity contribution is -0.137. The molecule has 5 N–H and O–H groups in total. The van der Waals surface area contributed by atoms with Crippen molar-refractivity contribution in [3.8, 4) is 0 Å². The Kier molecular flexibility index (Phi) is 8.03. The number of anilines is 4. The summed E-state index contributed by atoms with van der Waals surface area (Å²) in [7, 11) is 0. The Morgan fingerprint density at radius 1 is 1.08 bits per heavy atom. The number of carbonyl (C=O) groups excluding carboxylic acids is 2. The summed E-state index contributed by atoms with van der Waals surface area (Å²) in [4.78, 5) is 32.9. The third-order valence-corrected chi connectivity index (χ3v) is 6.84. The first-order valence-electron chi connectivity index (χ1n) is 12.5. The highest BCUT2D eigenvalue weighted by Gasteiger charge is 2.36. The van der Waals surface area contributed by atoms with Gasteiger partial charge in [-0.3, -0.25) is 4.79 Å². The average molecular weight is 520 g/mol. The van der Waals surface area contributed by atoms with Crippen LogP contribution in [0.4, 0.5) is 41.1 Å². The Balaban J connectivity index is 1.62. The summed E-state index contributed by atoms with van der Waals surface area (Å²) in [6, 6.07) is 4.59. The lowest BCUT2D eigenvalue weighted by Gasteiger charge is -2.32. The highest BCUT2D eigenvalue weighted by Crippen LogP contribution is 2.39. The average Bonchev–Trinajstić information content (AvgIpc) is 2.85. The number of likely N-dealkylation sites (tertiary alicyclic amines) is 1. The quantitative estimate of drug-likeness (QED) is 0.416. The maximum Gasteiger partial charge on any atom is 0.421 e. The summed E-state index contributed by atoms with van der Waals surface area (Å²) in [6.07, 6.45) is 2.94. The van der Waals surface area contributed by atoms with Crippen LogP contribution in [0, 0.1) is 0 Å². The number of rotatable bonds is 6. The number of nitrogens with one attached hydrogen (secondary N) is 3. The third-order valence-electron chi connectivity index (χ3n) is 6.84. The van der Waals surface area contributed by atoms with E-state index in [0.717, 1.165) is 37.4 Å². The number of amides is 3. The van der Waals surface area contributed by atoms with E-state index >= 15 is 0 Å². The normalized spacial score (nSPS) is 18.8. The molecular formula is C25H32F3N7O2. The summed E-state index contributed by atoms with van der Waals surface area (Å²) >= 11 is 0. The Bertz CT molecular complexity index is 1140. The summed E-state index contributed by atoms with van der Waals surface area (Å²) in [5.41, 5.74) is 6.07. The van der Waals surface area contributed by atoms with Crippen molar-refractivity contribution in [3.05, 3.63) is 35.5 Å². The molecule has 1 atom stereocenters. The molecule has 0 bridgehead atoms. The van der Waals surface area contributed by atoms with E-state index in [1.807, 2.05) is 12.1 Å². The van der Waals surface area contributed by atoms with Crippen molar-refractivity contribution in [2.75, 3.05) is 29.0 Å². The molecule has 1 aromatic carbocycles. The van der Waals surface area contributed by atoms with Crippen molar-refractivity contribution < 1.29 is 22.8 Å². The monoisotopic (exact) mass is 519 g/mol. The van der Waals surface area contributed by atoms with E-state index in [4.69, 9.17) is 5.73 Å². The largest absolute Gasteiger partial charge is 0.421 e. The molecule has 0 radical (unpaired) electrons. The van der Waals surface area contributed by atoms with E-state index in [-0.39, 0.29) is 17.9 Å². The SMILES string of the molecule is CC(=O)Nc1cc(C2CCCCC2)ccc1Nc1nc(N[C@H]2CCCN(C(N)=O)C2)ncc1C(F)(F)F. The van der Waals surface area contributed by atoms with Crippen LogP contribution in [-0.2, 0) is 11.0 Å². The maximum absolute atomic E-state index is 13.8. The van der Waals surface area contributed by atoms with Gasteiger partial charge in [0.05, 0.1) is 11.4 Å². The molecule has 9 nitrogen and oxygen atoms in total. The first-order chi connectivity index (χ1) is 17.6. The minimum atomic E-state index is -4.70. The molecule has 2 heterocycles. The summed E-state index contributed by atoms with van der Waals surface area (Å²) in [6.45, 7) is 2.18. The maximum atomic E-state index is 13.8. The van der Waals surface area contributed by atoms with Crippen LogP contribution in [0.1, 0.15) is 68.9 Å². The van der Waals surface area contributed by atoms with E-state index in [0.29, 0.717) is 43.2 Å². The van der Waals surface area contributed by atoms with E-state index in [9.17, 15) is 22.8 Å². The highest BCUT2D eigenvalue weighted by molar-refractivity contribution is 5.93. The number of alkyl halides is 3. The van der Waals surface area contributed by atoms with Gasteiger partial charge >= 0.3 is 12.2 Å². The van der Waals surface area contributed by atoms with Gasteiger partial charge in [-0.2, -0.15) is 18.2 Å². The van der Waals surface area contributed by atoms with Crippen molar-refractivity contribution >= 4 is 35.1 Å². The number of aromatic nitrogens is 2. The van der Waals surface area contributed by atoms with Gasteiger partial charge in [-0.15, -0.1) is 0 Å². The number of benzene rings is 1. The number of nitrogens with zero attached hydrogens (tertiary/aromatic N) is 3. The number of urea groups is 1. The second-order valence-corrected chi connectivity index (χ2v) is 9.67. The van der Waals surface area contributed by atoms with Crippen LogP contribution in [0.5, 0.6) is 0 Å². The van der Waals surface area contributed by atoms with E-state index < -0.39 is 23.6 Å². The van der Waals surface area contributed by atoms with Gasteiger partial charge in [-0.1, -0.05) is 25.3 Å². The molecule has 1 saturated heterocycles. The third kappa shape index (κ3) is 6.80. The lowest BCUT2D eigenvalue weighted by Crippen LogP contribution is -2.47. The molecule has 12 heteroatoms. The number of carbonyl (C=O) groups is 2. The second-order valence-electron chi connectivity index (χ2n) is 9.67. The Labute approximate surface area is 213 Å². The number of hydrogen-bond acceptors (Lipinski definition) is 6. The molecule has 0 unspecified atom stereocenters. The number of hydrogen-bond donors (Lipinski definition) is 4. The van der Waals surface area contributed by atoms with Gasteiger partial charge in [0.15, 0.2) is 0 Å². The van der Waals surface area contributed by atoms with Crippen LogP contribution in [0.2, 0.25) is 0 Å². The van der Waals surface area contributed by atoms with Gasteiger partial charge in [0.2, 0.25) is 11.9 Å². The fraction of sp³-hybridized carbons (Fsp3) is 0.520. The zero-order valence-corrected chi connectivity index (χ0v) is 20.7. The van der Waals surface area contributed by atoms with Crippen LogP contribution in [0.3, 0.4) is 0 Å². The van der Waals surface area contributed by atoms with Crippen molar-refractivity contribution in [2.45, 2.75) is 70.0 Å². The van der Waals surface area contributed by atoms with Gasteiger partial charge in [0.1, 0.15) is 11.4 Å². The van der Waals surface area contributed by atoms with Gasteiger partial charge in [-0.05, 0) is 49.3 Å². The number of piperidine rings is 1. The van der Waals surface area contributed by atoms with E-state index in [2.05, 4.69) is 25.9 Å². The number of nitrogens with two attached hydrogens (primary N) is 1. The predicted octanol–water partition coefficient (Wildman–Crippen LogP) is 5.20. The van der Waals surface area contributed by atoms with E-state index in [1.165, 1.54) is 18.2 Å². The van der Waals surface area contributed by atoms with Gasteiger partial charge in [0, 0.05) is 32.3 Å². The van der Waals surface area contributed by atoms with Crippen molar-refractivity contribution in [1.82, 2.24) is 14.9 Å². The molecule has 1 aliphatic heterocycles. The summed E-state index contributed by atoms with van der Waals surface area (Å²) in [5, 5.41) is 8.53. The fourth-order valence-electron chi connectivity index (χ4n) is 5.01. The molecule has 2 aliphatic rings. The van der Waals surface area contributed by atoms with Gasteiger partial charge in [-0.25, -0.2) is 9.78 Å². The lowest BCUT2D eigenvalue weighted by atomic mass is 9.84. The Morgan fingerprint density at radius 2 is 1.84 bits per heavy atom. The van der Waals surface area contributed by atoms with Crippen molar-refractivity contribution in [2.24, 2.45) is 5.73 Å². The molecular weight excluding hydrogens is 487 g/mol. The topological polar surface area (TPSA) is 125 Å². The smallest absolute Gasteiger partial charge is 0.351 e. The second kappa shape index (κ2) is 11.2. The molecule has 2 aromatic rings. The van der Waals surface area contributed by atoms with Crippen molar-refractivity contribution in [1.29, 1.82) is 0 Å². The Morgan fingerprint density at radius 3 is 2.51 bits per heavy atom. The minimum absolute atomic E-state index is 0.00766. The van der Waals surface area contributed by atoms with Crippen LogP contribution < -0.4 is 21.7 Å². The van der Waals surface area contributed by atoms with Gasteiger partial charge in [0.25, 0.3) is 0 Å². The predicted molar refractivity (Wildman–Crippen MR) is 135 cm³/mol.